The maximum atomic E-state index is 11.7. The van der Waals surface area contributed by atoms with Gasteiger partial charge in [-0.15, -0.1) is 0 Å². The van der Waals surface area contributed by atoms with Crippen molar-refractivity contribution in [3.63, 3.8) is 0 Å². The molecular weight excluding hydrogens is 242 g/mol. The summed E-state index contributed by atoms with van der Waals surface area (Å²) in [6, 6.07) is 10.2. The molecular formula is C14H9N3O2. The van der Waals surface area contributed by atoms with Crippen LogP contribution in [0, 0.1) is 22.7 Å². The number of hydrogen-bond donors (Lipinski definition) is 1. The molecule has 1 heterocycles. The largest absolute Gasteiger partial charge is 0.505 e. The van der Waals surface area contributed by atoms with E-state index in [1.165, 1.54) is 17.6 Å². The quantitative estimate of drug-likeness (QED) is 0.788. The first kappa shape index (κ1) is 12.4. The maximum absolute atomic E-state index is 11.7. The summed E-state index contributed by atoms with van der Waals surface area (Å²) in [6.07, 6.45) is 1.21. The Morgan fingerprint density at radius 3 is 2.53 bits per heavy atom. The number of nitriles is 2. The molecule has 0 fully saturated rings. The van der Waals surface area contributed by atoms with E-state index in [9.17, 15) is 9.90 Å². The van der Waals surface area contributed by atoms with Gasteiger partial charge in [0.05, 0.1) is 11.2 Å². The lowest BCUT2D eigenvalue weighted by molar-refractivity contribution is 0.0940. The van der Waals surface area contributed by atoms with E-state index in [2.05, 4.69) is 0 Å². The van der Waals surface area contributed by atoms with Crippen LogP contribution in [0.1, 0.15) is 17.4 Å². The van der Waals surface area contributed by atoms with Crippen molar-refractivity contribution in [3.8, 4) is 17.9 Å². The lowest BCUT2D eigenvalue weighted by atomic mass is 10.2. The third-order valence-electron chi connectivity index (χ3n) is 2.72. The highest BCUT2D eigenvalue weighted by atomic mass is 16.3. The lowest BCUT2D eigenvalue weighted by Crippen LogP contribution is -2.07. The summed E-state index contributed by atoms with van der Waals surface area (Å²) in [5.41, 5.74) is 0.501. The second-order valence-corrected chi connectivity index (χ2v) is 3.89. The van der Waals surface area contributed by atoms with Crippen LogP contribution in [0.15, 0.2) is 29.8 Å². The van der Waals surface area contributed by atoms with Crippen molar-refractivity contribution >= 4 is 22.9 Å². The Bertz CT molecular complexity index is 769. The molecule has 2 rings (SSSR count). The predicted octanol–water partition coefficient (Wildman–Crippen LogP) is 2.44. The Kier molecular flexibility index (Phi) is 3.05. The molecule has 0 radical (unpaired) electrons. The summed E-state index contributed by atoms with van der Waals surface area (Å²) >= 11 is 0. The zero-order chi connectivity index (χ0) is 14.0. The van der Waals surface area contributed by atoms with Crippen LogP contribution in [-0.4, -0.2) is 15.6 Å². The monoisotopic (exact) mass is 251 g/mol. The van der Waals surface area contributed by atoms with Crippen LogP contribution in [-0.2, 0) is 0 Å². The summed E-state index contributed by atoms with van der Waals surface area (Å²) in [4.78, 5) is 11.7. The van der Waals surface area contributed by atoms with Gasteiger partial charge in [-0.2, -0.15) is 10.5 Å². The van der Waals surface area contributed by atoms with Gasteiger partial charge in [0.25, 0.3) is 0 Å². The Morgan fingerprint density at radius 2 is 1.95 bits per heavy atom. The number of rotatable bonds is 1. The summed E-state index contributed by atoms with van der Waals surface area (Å²) in [6.45, 7) is 1.35. The van der Waals surface area contributed by atoms with Crippen LogP contribution >= 0.6 is 0 Å². The average Bonchev–Trinajstić information content (AvgIpc) is 2.69. The third-order valence-corrected chi connectivity index (χ3v) is 2.72. The molecule has 5 heteroatoms. The van der Waals surface area contributed by atoms with E-state index >= 15 is 0 Å². The van der Waals surface area contributed by atoms with E-state index in [4.69, 9.17) is 10.5 Å². The minimum Gasteiger partial charge on any atom is -0.505 e. The summed E-state index contributed by atoms with van der Waals surface area (Å²) in [5.74, 6) is -0.424. The number of aromatic nitrogens is 1. The van der Waals surface area contributed by atoms with Crippen LogP contribution in [0.4, 0.5) is 0 Å². The smallest absolute Gasteiger partial charge is 0.228 e. The molecule has 2 aromatic rings. The standard InChI is InChI=1S/C14H9N3O2/c1-9(18)17-12-5-3-2-4-11(12)14(19)13(17)6-10(7-15)8-16/h2-6,19H,1H3. The average molecular weight is 251 g/mol. The number of benzene rings is 1. The highest BCUT2D eigenvalue weighted by Gasteiger charge is 2.17. The first-order valence-electron chi connectivity index (χ1n) is 5.45. The number of carbonyl (C=O) groups excluding carboxylic acids is 1. The molecule has 0 aliphatic carbocycles. The lowest BCUT2D eigenvalue weighted by Gasteiger charge is -2.02. The molecule has 0 atom stereocenters. The van der Waals surface area contributed by atoms with Gasteiger partial charge in [-0.1, -0.05) is 12.1 Å². The molecule has 0 aliphatic rings. The first-order chi connectivity index (χ1) is 9.10. The van der Waals surface area contributed by atoms with Gasteiger partial charge in [-0.3, -0.25) is 9.36 Å². The van der Waals surface area contributed by atoms with Gasteiger partial charge in [0.2, 0.25) is 5.91 Å². The Balaban J connectivity index is 2.89. The van der Waals surface area contributed by atoms with Gasteiger partial charge in [-0.25, -0.2) is 0 Å². The van der Waals surface area contributed by atoms with Crippen molar-refractivity contribution in [2.75, 3.05) is 0 Å². The van der Waals surface area contributed by atoms with Crippen molar-refractivity contribution in [1.29, 1.82) is 10.5 Å². The molecule has 92 valence electrons. The van der Waals surface area contributed by atoms with Crippen LogP contribution in [0.25, 0.3) is 17.0 Å². The number of carbonyl (C=O) groups is 1. The maximum Gasteiger partial charge on any atom is 0.228 e. The first-order valence-corrected chi connectivity index (χ1v) is 5.45. The van der Waals surface area contributed by atoms with Gasteiger partial charge in [0.1, 0.15) is 23.5 Å². The van der Waals surface area contributed by atoms with Gasteiger partial charge >= 0.3 is 0 Å². The van der Waals surface area contributed by atoms with E-state index in [0.717, 1.165) is 0 Å². The number of allylic oxidation sites excluding steroid dienone is 1. The summed E-state index contributed by atoms with van der Waals surface area (Å²) < 4.78 is 1.28. The fraction of sp³-hybridized carbons (Fsp3) is 0.0714. The zero-order valence-corrected chi connectivity index (χ0v) is 10.1. The van der Waals surface area contributed by atoms with Crippen molar-refractivity contribution in [2.45, 2.75) is 6.92 Å². The molecule has 0 bridgehead atoms. The summed E-state index contributed by atoms with van der Waals surface area (Å²) in [7, 11) is 0. The van der Waals surface area contributed by atoms with Crippen LogP contribution in [0.2, 0.25) is 0 Å². The summed E-state index contributed by atoms with van der Waals surface area (Å²) in [5, 5.41) is 28.2. The molecule has 19 heavy (non-hydrogen) atoms. The molecule has 0 unspecified atom stereocenters. The van der Waals surface area contributed by atoms with E-state index in [0.29, 0.717) is 10.9 Å². The fourth-order valence-corrected chi connectivity index (χ4v) is 1.94. The third kappa shape index (κ3) is 1.94. The Labute approximate surface area is 109 Å². The Hall–Kier alpha value is -3.05. The van der Waals surface area contributed by atoms with Gasteiger partial charge in [-0.05, 0) is 18.2 Å². The highest BCUT2D eigenvalue weighted by molar-refractivity contribution is 5.99. The molecule has 1 aromatic heterocycles. The van der Waals surface area contributed by atoms with Gasteiger partial charge in [0, 0.05) is 12.3 Å². The second kappa shape index (κ2) is 4.67. The highest BCUT2D eigenvalue weighted by Crippen LogP contribution is 2.33. The molecule has 0 aliphatic heterocycles. The van der Waals surface area contributed by atoms with E-state index in [1.54, 1.807) is 36.4 Å². The topological polar surface area (TPSA) is 89.8 Å². The van der Waals surface area contributed by atoms with E-state index < -0.39 is 0 Å². The van der Waals surface area contributed by atoms with Crippen LogP contribution < -0.4 is 0 Å². The molecule has 0 amide bonds. The van der Waals surface area contributed by atoms with E-state index in [-0.39, 0.29) is 22.9 Å². The van der Waals surface area contributed by atoms with Crippen molar-refractivity contribution in [3.05, 3.63) is 35.5 Å². The number of nitrogens with zero attached hydrogens (tertiary/aromatic N) is 3. The number of para-hydroxylation sites is 1. The molecule has 0 saturated heterocycles. The molecule has 1 N–H and O–H groups in total. The van der Waals surface area contributed by atoms with E-state index in [1.807, 2.05) is 0 Å². The SMILES string of the molecule is CC(=O)n1c(C=C(C#N)C#N)c(O)c2ccccc21. The molecule has 5 nitrogen and oxygen atoms in total. The zero-order valence-electron chi connectivity index (χ0n) is 10.1. The molecule has 0 spiro atoms. The van der Waals surface area contributed by atoms with Crippen molar-refractivity contribution in [1.82, 2.24) is 4.57 Å². The normalized spacial score (nSPS) is 9.63. The minimum atomic E-state index is -0.307. The number of aromatic hydroxyl groups is 1. The predicted molar refractivity (Wildman–Crippen MR) is 69.1 cm³/mol. The van der Waals surface area contributed by atoms with Crippen molar-refractivity contribution < 1.29 is 9.90 Å². The molecule has 1 aromatic carbocycles. The van der Waals surface area contributed by atoms with Gasteiger partial charge < -0.3 is 5.11 Å². The second-order valence-electron chi connectivity index (χ2n) is 3.89. The Morgan fingerprint density at radius 1 is 1.32 bits per heavy atom. The van der Waals surface area contributed by atoms with Gasteiger partial charge in [0.15, 0.2) is 0 Å². The number of fused-ring (bicyclic) bond motifs is 1. The molecule has 0 saturated carbocycles. The minimum absolute atomic E-state index is 0.117. The fourth-order valence-electron chi connectivity index (χ4n) is 1.94. The number of hydrogen-bond acceptors (Lipinski definition) is 4. The van der Waals surface area contributed by atoms with Crippen LogP contribution in [0.5, 0.6) is 5.75 Å². The van der Waals surface area contributed by atoms with Crippen molar-refractivity contribution in [2.24, 2.45) is 0 Å². The van der Waals surface area contributed by atoms with Crippen LogP contribution in [0.3, 0.4) is 0 Å².